The fraction of sp³-hybridized carbons (Fsp3) is 0.636. The van der Waals surface area contributed by atoms with Crippen LogP contribution in [0.25, 0.3) is 0 Å². The van der Waals surface area contributed by atoms with Gasteiger partial charge in [0.1, 0.15) is 30.5 Å². The minimum atomic E-state index is -2.37. The van der Waals surface area contributed by atoms with E-state index in [0.29, 0.717) is 12.8 Å². The molecule has 1 aliphatic heterocycles. The third-order valence-electron chi connectivity index (χ3n) is 13.8. The molecule has 11 atom stereocenters. The number of aliphatic hydroxyl groups is 3. The Morgan fingerprint density at radius 2 is 1.67 bits per heavy atom. The molecule has 5 aliphatic rings. The highest BCUT2D eigenvalue weighted by Crippen LogP contribution is 2.64. The Balaban J connectivity index is 1.52. The zero-order chi connectivity index (χ0) is 43.9. The van der Waals surface area contributed by atoms with Crippen LogP contribution in [0.3, 0.4) is 0 Å². The van der Waals surface area contributed by atoms with Crippen molar-refractivity contribution in [2.24, 2.45) is 22.7 Å². The molecule has 1 amide bonds. The summed E-state index contributed by atoms with van der Waals surface area (Å²) < 4.78 is 35.3. The number of Topliss-reactive ketones (excluding diaryl/α,β-unsaturated/α-hetero) is 1. The van der Waals surface area contributed by atoms with Gasteiger partial charge in [0.25, 0.3) is 0 Å². The summed E-state index contributed by atoms with van der Waals surface area (Å²) in [4.78, 5) is 82.6. The minimum absolute atomic E-state index is 0.0138. The van der Waals surface area contributed by atoms with E-state index in [4.69, 9.17) is 28.4 Å². The van der Waals surface area contributed by atoms with E-state index < -0.39 is 113 Å². The van der Waals surface area contributed by atoms with Gasteiger partial charge in [0.15, 0.2) is 23.6 Å². The van der Waals surface area contributed by atoms with Crippen molar-refractivity contribution in [1.29, 1.82) is 0 Å². The predicted molar refractivity (Wildman–Crippen MR) is 210 cm³/mol. The molecule has 6 rings (SSSR count). The van der Waals surface area contributed by atoms with Crippen molar-refractivity contribution >= 4 is 35.8 Å². The van der Waals surface area contributed by atoms with Crippen molar-refractivity contribution in [3.05, 3.63) is 59.7 Å². The summed E-state index contributed by atoms with van der Waals surface area (Å²) in [5.74, 6) is -6.46. The summed E-state index contributed by atoms with van der Waals surface area (Å²) in [7, 11) is 0. The maximum atomic E-state index is 15.4. The summed E-state index contributed by atoms with van der Waals surface area (Å²) in [6.45, 7) is 11.4. The van der Waals surface area contributed by atoms with Crippen LogP contribution in [-0.4, -0.2) is 118 Å². The van der Waals surface area contributed by atoms with Gasteiger partial charge in [-0.25, -0.2) is 14.4 Å². The molecule has 4 N–H and O–H groups in total. The number of fused-ring (bicyclic) bond motifs is 5. The first-order valence-corrected chi connectivity index (χ1v) is 20.6. The number of ether oxygens (including phenoxy) is 6. The number of rotatable bonds is 11. The molecule has 16 nitrogen and oxygen atoms in total. The Morgan fingerprint density at radius 3 is 2.25 bits per heavy atom. The van der Waals surface area contributed by atoms with E-state index in [0.717, 1.165) is 33.1 Å². The second-order valence-corrected chi connectivity index (χ2v) is 17.6. The van der Waals surface area contributed by atoms with E-state index in [1.807, 2.05) is 0 Å². The van der Waals surface area contributed by atoms with E-state index in [1.54, 1.807) is 32.0 Å². The molecular formula is C44H57NO15. The number of alkyl carbamates (subject to hydrolysis) is 1. The van der Waals surface area contributed by atoms with Gasteiger partial charge < -0.3 is 49.1 Å². The Morgan fingerprint density at radius 1 is 1.00 bits per heavy atom. The fourth-order valence-corrected chi connectivity index (χ4v) is 10.6. The smallest absolute Gasteiger partial charge is 0.407 e. The lowest BCUT2D eigenvalue weighted by atomic mass is 9.44. The van der Waals surface area contributed by atoms with Gasteiger partial charge in [-0.1, -0.05) is 64.0 Å². The van der Waals surface area contributed by atoms with E-state index in [-0.39, 0.29) is 42.3 Å². The van der Waals surface area contributed by atoms with Gasteiger partial charge in [0.05, 0.1) is 35.6 Å². The Hall–Kier alpha value is -4.64. The number of hydrogen-bond donors (Lipinski definition) is 4. The molecule has 0 aromatic heterocycles. The number of carbonyl (C=O) groups excluding carboxylic acids is 6. The van der Waals surface area contributed by atoms with Crippen LogP contribution in [0.1, 0.15) is 96.8 Å². The standard InChI is InChI=1S/C44H57NO15/c1-8-19-55-40(53)45-32(26-15-11-9-12-16-26)33(49)39(52)58-28-21-44(54)37(59-38(51)27-17-13-10-14-18-27)35-42(7,29(48)20-30-43(35,22-56-30)60-25(4)47)36(50)34(57-24(3)46)31(23(28)2)41(44,5)6/h8,10,13-14,17-18,26,28-30,32-35,37,48-49,54H,1,9,11-12,15-16,19-22H2,2-7H3,(H,45,53)/t28-,29-,30+,32-,33+,34+,35-,37-,42+,43-,44+/m0/s1. The first-order valence-electron chi connectivity index (χ1n) is 20.6. The summed E-state index contributed by atoms with van der Waals surface area (Å²) in [5, 5.41) is 40.0. The number of benzene rings is 1. The summed E-state index contributed by atoms with van der Waals surface area (Å²) in [6.07, 6.45) is -6.06. The van der Waals surface area contributed by atoms with Crippen LogP contribution in [0, 0.1) is 22.7 Å². The van der Waals surface area contributed by atoms with Gasteiger partial charge >= 0.3 is 30.0 Å². The fourth-order valence-electron chi connectivity index (χ4n) is 10.6. The molecule has 1 heterocycles. The van der Waals surface area contributed by atoms with Crippen molar-refractivity contribution in [2.45, 2.75) is 140 Å². The second kappa shape index (κ2) is 17.0. The van der Waals surface area contributed by atoms with Crippen LogP contribution < -0.4 is 5.32 Å². The van der Waals surface area contributed by atoms with Crippen molar-refractivity contribution in [3.8, 4) is 0 Å². The third-order valence-corrected chi connectivity index (χ3v) is 13.8. The second-order valence-electron chi connectivity index (χ2n) is 17.6. The highest BCUT2D eigenvalue weighted by Gasteiger charge is 2.78. The number of carbonyl (C=O) groups is 6. The molecule has 16 heteroatoms. The van der Waals surface area contributed by atoms with Crippen LogP contribution in [-0.2, 0) is 47.6 Å². The SMILES string of the molecule is C=CCOC(=O)N[C@@H](C1CCCCC1)[C@@H](O)C(=O)O[C@H]1C[C@@]2(O)[C@@H](OC(=O)c3ccccc3)[C@@H]3[C@]4(OC(C)=O)CO[C@@H]4C[C@H](O)[C@@]3(C)C(=O)[C@H](OC(C)=O)C(=C1C)C2(C)C. The zero-order valence-electron chi connectivity index (χ0n) is 35.0. The third kappa shape index (κ3) is 7.64. The van der Waals surface area contributed by atoms with Crippen LogP contribution in [0.15, 0.2) is 54.1 Å². The monoisotopic (exact) mass is 839 g/mol. The van der Waals surface area contributed by atoms with Gasteiger partial charge in [0, 0.05) is 32.1 Å². The quantitative estimate of drug-likeness (QED) is 0.142. The molecular weight excluding hydrogens is 782 g/mol. The van der Waals surface area contributed by atoms with E-state index in [1.165, 1.54) is 32.1 Å². The molecule has 328 valence electrons. The van der Waals surface area contributed by atoms with E-state index in [9.17, 15) is 39.3 Å². The molecule has 0 spiro atoms. The Bertz CT molecular complexity index is 1910. The summed E-state index contributed by atoms with van der Waals surface area (Å²) in [5.41, 5.74) is -7.53. The van der Waals surface area contributed by atoms with Crippen LogP contribution in [0.2, 0.25) is 0 Å². The maximum Gasteiger partial charge on any atom is 0.407 e. The molecule has 4 aliphatic carbocycles. The number of ketones is 1. The van der Waals surface area contributed by atoms with Crippen molar-refractivity contribution in [1.82, 2.24) is 5.32 Å². The average Bonchev–Trinajstić information content (AvgIpc) is 3.20. The highest BCUT2D eigenvalue weighted by atomic mass is 16.6. The van der Waals surface area contributed by atoms with Crippen LogP contribution in [0.5, 0.6) is 0 Å². The number of esters is 4. The molecule has 0 radical (unpaired) electrons. The van der Waals surface area contributed by atoms with E-state index >= 15 is 4.79 Å². The van der Waals surface area contributed by atoms with Gasteiger partial charge in [0.2, 0.25) is 0 Å². The predicted octanol–water partition coefficient (Wildman–Crippen LogP) is 3.43. The van der Waals surface area contributed by atoms with Gasteiger partial charge in [-0.05, 0) is 55.9 Å². The van der Waals surface area contributed by atoms with Crippen molar-refractivity contribution in [2.75, 3.05) is 13.2 Å². The van der Waals surface area contributed by atoms with Gasteiger partial charge in [-0.3, -0.25) is 14.4 Å². The highest BCUT2D eigenvalue weighted by molar-refractivity contribution is 5.95. The minimum Gasteiger partial charge on any atom is -0.456 e. The molecule has 1 aromatic carbocycles. The Kier molecular flexibility index (Phi) is 12.7. The maximum absolute atomic E-state index is 15.4. The van der Waals surface area contributed by atoms with E-state index in [2.05, 4.69) is 11.9 Å². The average molecular weight is 840 g/mol. The molecule has 1 aromatic rings. The van der Waals surface area contributed by atoms with Gasteiger partial charge in [-0.15, -0.1) is 0 Å². The number of aliphatic hydroxyl groups excluding tert-OH is 2. The van der Waals surface area contributed by atoms with Crippen molar-refractivity contribution < 1.29 is 72.5 Å². The first-order chi connectivity index (χ1) is 28.2. The largest absolute Gasteiger partial charge is 0.456 e. The lowest BCUT2D eigenvalue weighted by Crippen LogP contribution is -2.82. The number of nitrogens with one attached hydrogen (secondary N) is 1. The van der Waals surface area contributed by atoms with Crippen LogP contribution in [0.4, 0.5) is 4.79 Å². The van der Waals surface area contributed by atoms with Crippen LogP contribution >= 0.6 is 0 Å². The van der Waals surface area contributed by atoms with Gasteiger partial charge in [-0.2, -0.15) is 0 Å². The lowest BCUT2D eigenvalue weighted by Gasteiger charge is -2.67. The lowest BCUT2D eigenvalue weighted by molar-refractivity contribution is -0.346. The zero-order valence-corrected chi connectivity index (χ0v) is 35.0. The molecule has 1 saturated heterocycles. The first kappa shape index (κ1) is 44.9. The molecule has 2 bridgehead atoms. The summed E-state index contributed by atoms with van der Waals surface area (Å²) >= 11 is 0. The molecule has 60 heavy (non-hydrogen) atoms. The topological polar surface area (TPSA) is 231 Å². The summed E-state index contributed by atoms with van der Waals surface area (Å²) in [6, 6.07) is 6.73. The normalized spacial score (nSPS) is 34.4. The molecule has 4 fully saturated rings. The van der Waals surface area contributed by atoms with Crippen molar-refractivity contribution in [3.63, 3.8) is 0 Å². The molecule has 3 saturated carbocycles. The number of hydrogen-bond acceptors (Lipinski definition) is 15. The Labute approximate surface area is 348 Å². The number of amides is 1. The molecule has 0 unspecified atom stereocenters.